The van der Waals surface area contributed by atoms with Crippen LogP contribution in [0, 0.1) is 0 Å². The normalized spacial score (nSPS) is 18.7. The zero-order chi connectivity index (χ0) is 7.56. The van der Waals surface area contributed by atoms with Crippen molar-refractivity contribution in [2.24, 2.45) is 0 Å². The molecule has 0 aromatic rings. The highest BCUT2D eigenvalue weighted by atomic mass is 19.3. The molecule has 0 saturated carbocycles. The summed E-state index contributed by atoms with van der Waals surface area (Å²) >= 11 is 0. The fourth-order valence-electron chi connectivity index (χ4n) is 0.583. The molecule has 0 aromatic carbocycles. The van der Waals surface area contributed by atoms with Gasteiger partial charge in [0.1, 0.15) is 0 Å². The summed E-state index contributed by atoms with van der Waals surface area (Å²) in [6.07, 6.45) is -2.92. The van der Waals surface area contributed by atoms with E-state index >= 15 is 0 Å². The number of alkyl halides is 2. The minimum absolute atomic E-state index is 0.207. The van der Waals surface area contributed by atoms with E-state index in [1.807, 2.05) is 0 Å². The number of hydrogen-bond acceptors (Lipinski definition) is 2. The van der Waals surface area contributed by atoms with Crippen molar-refractivity contribution in [1.29, 1.82) is 0 Å². The molecule has 10 heavy (non-hydrogen) atoms. The van der Waals surface area contributed by atoms with Crippen molar-refractivity contribution < 1.29 is 18.3 Å². The van der Waals surface area contributed by atoms with Crippen LogP contribution in [-0.2, 0) is 9.53 Å². The maximum absolute atomic E-state index is 11.5. The predicted molar refractivity (Wildman–Crippen MR) is 28.8 cm³/mol. The van der Waals surface area contributed by atoms with E-state index in [1.54, 1.807) is 0 Å². The topological polar surface area (TPSA) is 38.3 Å². The van der Waals surface area contributed by atoms with E-state index in [2.05, 4.69) is 10.1 Å². The molecule has 1 rings (SSSR count). The molecule has 0 aromatic heterocycles. The summed E-state index contributed by atoms with van der Waals surface area (Å²) in [5.74, 6) is -1.21. The van der Waals surface area contributed by atoms with Crippen LogP contribution in [0.3, 0.4) is 0 Å². The third-order valence-electron chi connectivity index (χ3n) is 1.18. The Balaban J connectivity index is 2.17. The molecular weight excluding hydrogens is 144 g/mol. The molecule has 1 aliphatic rings. The van der Waals surface area contributed by atoms with E-state index in [4.69, 9.17) is 0 Å². The average molecular weight is 151 g/mol. The molecular formula is C5H7F2NO2. The maximum Gasteiger partial charge on any atom is 0.315 e. The maximum atomic E-state index is 11.5. The summed E-state index contributed by atoms with van der Waals surface area (Å²) in [6, 6.07) is -0.207. The third-order valence-corrected chi connectivity index (χ3v) is 1.18. The number of carbonyl (C=O) groups excluding carboxylic acids is 1. The second-order valence-electron chi connectivity index (χ2n) is 2.04. The van der Waals surface area contributed by atoms with Crippen LogP contribution in [0.15, 0.2) is 0 Å². The third kappa shape index (κ3) is 1.63. The molecule has 0 bridgehead atoms. The standard InChI is InChI=1S/C5H7F2NO2/c6-4(7)5(9)8-3-1-10-2-3/h3-4H,1-2H2,(H,8,9). The molecule has 1 fully saturated rings. The van der Waals surface area contributed by atoms with Crippen LogP contribution < -0.4 is 5.32 Å². The van der Waals surface area contributed by atoms with E-state index < -0.39 is 12.3 Å². The van der Waals surface area contributed by atoms with E-state index in [0.29, 0.717) is 13.2 Å². The summed E-state index contributed by atoms with van der Waals surface area (Å²) in [6.45, 7) is 0.691. The highest BCUT2D eigenvalue weighted by molar-refractivity contribution is 5.79. The van der Waals surface area contributed by atoms with Gasteiger partial charge in [-0.2, -0.15) is 8.78 Å². The summed E-state index contributed by atoms with van der Waals surface area (Å²) in [5, 5.41) is 2.10. The Labute approximate surface area is 56.3 Å². The van der Waals surface area contributed by atoms with E-state index in [1.165, 1.54) is 0 Å². The Morgan fingerprint density at radius 2 is 2.20 bits per heavy atom. The number of carbonyl (C=O) groups is 1. The van der Waals surface area contributed by atoms with Crippen LogP contribution in [0.25, 0.3) is 0 Å². The fraction of sp³-hybridized carbons (Fsp3) is 0.800. The fourth-order valence-corrected chi connectivity index (χ4v) is 0.583. The summed E-state index contributed by atoms with van der Waals surface area (Å²) in [5.41, 5.74) is 0. The van der Waals surface area contributed by atoms with Crippen molar-refractivity contribution in [1.82, 2.24) is 5.32 Å². The number of halogens is 2. The van der Waals surface area contributed by atoms with Gasteiger partial charge in [-0.1, -0.05) is 0 Å². The van der Waals surface area contributed by atoms with E-state index in [-0.39, 0.29) is 6.04 Å². The van der Waals surface area contributed by atoms with Gasteiger partial charge in [0.05, 0.1) is 19.3 Å². The second kappa shape index (κ2) is 2.92. The minimum atomic E-state index is -2.92. The Morgan fingerprint density at radius 3 is 2.50 bits per heavy atom. The first-order valence-corrected chi connectivity index (χ1v) is 2.86. The average Bonchev–Trinajstić information content (AvgIpc) is 1.77. The van der Waals surface area contributed by atoms with Gasteiger partial charge in [0.25, 0.3) is 5.91 Å². The number of rotatable bonds is 2. The lowest BCUT2D eigenvalue weighted by Gasteiger charge is -2.26. The molecule has 1 aliphatic heterocycles. The van der Waals surface area contributed by atoms with Crippen LogP contribution in [-0.4, -0.2) is 31.6 Å². The molecule has 0 aliphatic carbocycles. The number of hydrogen-bond donors (Lipinski definition) is 1. The molecule has 3 nitrogen and oxygen atoms in total. The molecule has 58 valence electrons. The first-order chi connectivity index (χ1) is 4.70. The van der Waals surface area contributed by atoms with Crippen LogP contribution in [0.5, 0.6) is 0 Å². The molecule has 0 atom stereocenters. The first-order valence-electron chi connectivity index (χ1n) is 2.86. The molecule has 1 N–H and O–H groups in total. The quantitative estimate of drug-likeness (QED) is 0.591. The Kier molecular flexibility index (Phi) is 2.16. The van der Waals surface area contributed by atoms with E-state index in [9.17, 15) is 13.6 Å². The summed E-state index contributed by atoms with van der Waals surface area (Å²) in [4.78, 5) is 10.2. The van der Waals surface area contributed by atoms with Crippen LogP contribution in [0.2, 0.25) is 0 Å². The summed E-state index contributed by atoms with van der Waals surface area (Å²) in [7, 11) is 0. The first kappa shape index (κ1) is 7.40. The smallest absolute Gasteiger partial charge is 0.315 e. The van der Waals surface area contributed by atoms with Crippen molar-refractivity contribution in [2.45, 2.75) is 12.5 Å². The summed E-state index contributed by atoms with van der Waals surface area (Å²) < 4.78 is 27.6. The van der Waals surface area contributed by atoms with Gasteiger partial charge in [-0.25, -0.2) is 0 Å². The molecule has 0 radical (unpaired) electrons. The SMILES string of the molecule is O=C(NC1COC1)C(F)F. The zero-order valence-electron chi connectivity index (χ0n) is 5.14. The Hall–Kier alpha value is -0.710. The second-order valence-corrected chi connectivity index (χ2v) is 2.04. The number of nitrogens with one attached hydrogen (secondary N) is 1. The van der Waals surface area contributed by atoms with Gasteiger partial charge in [-0.3, -0.25) is 4.79 Å². The van der Waals surface area contributed by atoms with Crippen molar-refractivity contribution >= 4 is 5.91 Å². The minimum Gasteiger partial charge on any atom is -0.377 e. The van der Waals surface area contributed by atoms with Crippen molar-refractivity contribution in [2.75, 3.05) is 13.2 Å². The van der Waals surface area contributed by atoms with Crippen molar-refractivity contribution in [3.8, 4) is 0 Å². The van der Waals surface area contributed by atoms with Crippen LogP contribution in [0.4, 0.5) is 8.78 Å². The van der Waals surface area contributed by atoms with Gasteiger partial charge < -0.3 is 10.1 Å². The number of amides is 1. The zero-order valence-corrected chi connectivity index (χ0v) is 5.14. The van der Waals surface area contributed by atoms with Crippen LogP contribution >= 0.6 is 0 Å². The van der Waals surface area contributed by atoms with Gasteiger partial charge >= 0.3 is 6.43 Å². The highest BCUT2D eigenvalue weighted by Crippen LogP contribution is 2.01. The lowest BCUT2D eigenvalue weighted by molar-refractivity contribution is -0.135. The van der Waals surface area contributed by atoms with Gasteiger partial charge in [-0.05, 0) is 0 Å². The lowest BCUT2D eigenvalue weighted by Crippen LogP contribution is -2.50. The Morgan fingerprint density at radius 1 is 1.60 bits per heavy atom. The van der Waals surface area contributed by atoms with Crippen molar-refractivity contribution in [3.63, 3.8) is 0 Å². The molecule has 1 amide bonds. The van der Waals surface area contributed by atoms with E-state index in [0.717, 1.165) is 0 Å². The molecule has 0 spiro atoms. The molecule has 0 unspecified atom stereocenters. The molecule has 5 heteroatoms. The molecule has 1 heterocycles. The van der Waals surface area contributed by atoms with Gasteiger partial charge in [-0.15, -0.1) is 0 Å². The molecule has 1 saturated heterocycles. The van der Waals surface area contributed by atoms with Gasteiger partial charge in [0.15, 0.2) is 0 Å². The number of ether oxygens (including phenoxy) is 1. The van der Waals surface area contributed by atoms with Crippen molar-refractivity contribution in [3.05, 3.63) is 0 Å². The monoisotopic (exact) mass is 151 g/mol. The highest BCUT2D eigenvalue weighted by Gasteiger charge is 2.24. The van der Waals surface area contributed by atoms with Gasteiger partial charge in [0, 0.05) is 0 Å². The van der Waals surface area contributed by atoms with Gasteiger partial charge in [0.2, 0.25) is 0 Å². The lowest BCUT2D eigenvalue weighted by atomic mass is 10.2. The van der Waals surface area contributed by atoms with Crippen LogP contribution in [0.1, 0.15) is 0 Å². The Bertz CT molecular complexity index is 136. The largest absolute Gasteiger partial charge is 0.377 e. The predicted octanol–water partition coefficient (Wildman–Crippen LogP) is -0.234.